The molecule has 0 aromatic carbocycles. The number of esters is 1. The zero-order chi connectivity index (χ0) is 47.5. The fourth-order valence-electron chi connectivity index (χ4n) is 7.72. The van der Waals surface area contributed by atoms with Crippen LogP contribution >= 0.6 is 0 Å². The van der Waals surface area contributed by atoms with Crippen LogP contribution < -0.4 is 0 Å². The molecule has 380 valence electrons. The lowest BCUT2D eigenvalue weighted by molar-refractivity contribution is -0.301. The van der Waals surface area contributed by atoms with Crippen molar-refractivity contribution in [3.63, 3.8) is 0 Å². The predicted octanol–water partition coefficient (Wildman–Crippen LogP) is 11.9. The molecule has 0 aromatic heterocycles. The highest BCUT2D eigenvalue weighted by Crippen LogP contribution is 2.26. The Kier molecular flexibility index (Phi) is 40.7. The maximum Gasteiger partial charge on any atom is 0.397 e. The van der Waals surface area contributed by atoms with Gasteiger partial charge >= 0.3 is 16.4 Å². The molecular weight excluding hydrogens is 849 g/mol. The van der Waals surface area contributed by atoms with Gasteiger partial charge in [-0.1, -0.05) is 184 Å². The van der Waals surface area contributed by atoms with Crippen molar-refractivity contribution < 1.29 is 56.2 Å². The number of unbranched alkanes of at least 4 members (excludes halogenated alkanes) is 24. The van der Waals surface area contributed by atoms with Crippen molar-refractivity contribution in [2.45, 2.75) is 250 Å². The van der Waals surface area contributed by atoms with E-state index in [4.69, 9.17) is 18.9 Å². The Hall–Kier alpha value is -1.94. The molecule has 4 N–H and O–H groups in total. The molecular formula is C52H94O12S. The summed E-state index contributed by atoms with van der Waals surface area (Å²) in [4.78, 5) is 12.9. The maximum atomic E-state index is 12.9. The number of carbonyl (C=O) groups excluding carboxylic acids is 1. The van der Waals surface area contributed by atoms with Gasteiger partial charge in [0.1, 0.15) is 30.5 Å². The van der Waals surface area contributed by atoms with Gasteiger partial charge in [-0.3, -0.25) is 9.35 Å². The number of rotatable bonds is 45. The van der Waals surface area contributed by atoms with Crippen molar-refractivity contribution in [3.8, 4) is 0 Å². The summed E-state index contributed by atoms with van der Waals surface area (Å²) in [5.74, 6) is -0.413. The highest BCUT2D eigenvalue weighted by atomic mass is 32.3. The van der Waals surface area contributed by atoms with E-state index >= 15 is 0 Å². The molecule has 1 rings (SSSR count). The Bertz CT molecular complexity index is 1320. The molecule has 0 bridgehead atoms. The fraction of sp³-hybridized carbons (Fsp3) is 0.827. The van der Waals surface area contributed by atoms with Crippen LogP contribution in [0.1, 0.15) is 213 Å². The third-order valence-electron chi connectivity index (χ3n) is 11.7. The largest absolute Gasteiger partial charge is 0.457 e. The Morgan fingerprint density at radius 2 is 1.03 bits per heavy atom. The SMILES string of the molecule is CCCC/C=C\C/C=C\CCCCCCCC(=O)OC(COCCCCCCCCCCCCCC/C=C\C/C=C\CCCCCCC)COC1OC(CO)C(O)C(OS(=O)(=O)O)C1O. The second-order valence-corrected chi connectivity index (χ2v) is 18.8. The molecule has 12 nitrogen and oxygen atoms in total. The molecule has 0 aliphatic carbocycles. The van der Waals surface area contributed by atoms with Gasteiger partial charge in [0.2, 0.25) is 0 Å². The molecule has 1 aliphatic rings. The van der Waals surface area contributed by atoms with Crippen LogP contribution in [0.2, 0.25) is 0 Å². The highest BCUT2D eigenvalue weighted by Gasteiger charge is 2.48. The normalized spacial score (nSPS) is 20.0. The smallest absolute Gasteiger partial charge is 0.397 e. The molecule has 0 spiro atoms. The van der Waals surface area contributed by atoms with Gasteiger partial charge in [0.05, 0.1) is 19.8 Å². The third-order valence-corrected chi connectivity index (χ3v) is 12.1. The van der Waals surface area contributed by atoms with Crippen LogP contribution in [0.25, 0.3) is 0 Å². The van der Waals surface area contributed by atoms with Gasteiger partial charge in [-0.2, -0.15) is 8.42 Å². The number of carbonyl (C=O) groups is 1. The van der Waals surface area contributed by atoms with E-state index in [9.17, 15) is 33.1 Å². The van der Waals surface area contributed by atoms with E-state index in [1.165, 1.54) is 116 Å². The standard InChI is InChI=1S/C52H94O12S/c1-3-5-7-9-11-13-15-17-19-20-21-22-23-24-25-26-27-28-30-32-34-36-38-40-42-60-44-46(45-61-52-50(56)51(64-65(57,58)59)49(55)47(43-53)63-52)62-48(54)41-39-37-35-33-31-29-18-16-14-12-10-8-6-4-2/h10,12,15-18,20-21,46-47,49-53,55-56H,3-9,11,13-14,19,22-45H2,1-2H3,(H,57,58,59)/b12-10-,17-15-,18-16-,21-20-. The zero-order valence-electron chi connectivity index (χ0n) is 40.8. The molecule has 0 saturated carbocycles. The topological polar surface area (TPSA) is 178 Å². The quantitative estimate of drug-likeness (QED) is 0.0197. The van der Waals surface area contributed by atoms with Gasteiger partial charge in [0.15, 0.2) is 6.29 Å². The fourth-order valence-corrected chi connectivity index (χ4v) is 8.23. The number of aliphatic hydroxyl groups is 3. The van der Waals surface area contributed by atoms with Crippen molar-refractivity contribution in [3.05, 3.63) is 48.6 Å². The first-order chi connectivity index (χ1) is 31.6. The molecule has 1 fully saturated rings. The minimum Gasteiger partial charge on any atom is -0.457 e. The Morgan fingerprint density at radius 1 is 0.585 bits per heavy atom. The van der Waals surface area contributed by atoms with Crippen molar-refractivity contribution in [2.75, 3.05) is 26.4 Å². The maximum absolute atomic E-state index is 12.9. The minimum atomic E-state index is -5.07. The molecule has 1 saturated heterocycles. The number of hydrogen-bond acceptors (Lipinski definition) is 11. The molecule has 1 heterocycles. The van der Waals surface area contributed by atoms with E-state index in [-0.39, 0.29) is 19.6 Å². The van der Waals surface area contributed by atoms with Gasteiger partial charge in [-0.05, 0) is 70.6 Å². The third kappa shape index (κ3) is 36.7. The van der Waals surface area contributed by atoms with Crippen molar-refractivity contribution in [1.29, 1.82) is 0 Å². The van der Waals surface area contributed by atoms with E-state index in [2.05, 4.69) is 66.6 Å². The van der Waals surface area contributed by atoms with Crippen LogP contribution in [0.15, 0.2) is 48.6 Å². The van der Waals surface area contributed by atoms with Crippen molar-refractivity contribution in [2.24, 2.45) is 0 Å². The van der Waals surface area contributed by atoms with E-state index in [0.717, 1.165) is 70.6 Å². The lowest BCUT2D eigenvalue weighted by Gasteiger charge is -2.41. The van der Waals surface area contributed by atoms with Crippen LogP contribution in [0, 0.1) is 0 Å². The first-order valence-corrected chi connectivity index (χ1v) is 27.3. The average Bonchev–Trinajstić information content (AvgIpc) is 3.28. The van der Waals surface area contributed by atoms with Crippen molar-refractivity contribution in [1.82, 2.24) is 0 Å². The first-order valence-electron chi connectivity index (χ1n) is 25.9. The average molecular weight is 943 g/mol. The van der Waals surface area contributed by atoms with Gasteiger partial charge in [0, 0.05) is 13.0 Å². The minimum absolute atomic E-state index is 0.0290. The van der Waals surface area contributed by atoms with Crippen LogP contribution in [0.4, 0.5) is 0 Å². The molecule has 6 unspecified atom stereocenters. The summed E-state index contributed by atoms with van der Waals surface area (Å²) in [6.07, 6.45) is 44.3. The second-order valence-electron chi connectivity index (χ2n) is 17.8. The first kappa shape index (κ1) is 61.1. The molecule has 0 aromatic rings. The number of hydrogen-bond donors (Lipinski definition) is 4. The molecule has 1 aliphatic heterocycles. The Labute approximate surface area is 396 Å². The van der Waals surface area contributed by atoms with Gasteiger partial charge in [-0.15, -0.1) is 0 Å². The predicted molar refractivity (Wildman–Crippen MR) is 262 cm³/mol. The van der Waals surface area contributed by atoms with Gasteiger partial charge in [0.25, 0.3) is 0 Å². The van der Waals surface area contributed by atoms with E-state index in [0.29, 0.717) is 13.0 Å². The molecule has 0 amide bonds. The van der Waals surface area contributed by atoms with E-state index in [1.54, 1.807) is 0 Å². The van der Waals surface area contributed by atoms with Crippen LogP contribution in [-0.2, 0) is 38.3 Å². The summed E-state index contributed by atoms with van der Waals surface area (Å²) in [6.45, 7) is 3.93. The van der Waals surface area contributed by atoms with E-state index in [1.807, 2.05) is 0 Å². The molecule has 6 atom stereocenters. The molecule has 0 radical (unpaired) electrons. The van der Waals surface area contributed by atoms with Crippen LogP contribution in [0.3, 0.4) is 0 Å². The number of ether oxygens (including phenoxy) is 4. The summed E-state index contributed by atoms with van der Waals surface area (Å²) in [6, 6.07) is 0. The molecule has 65 heavy (non-hydrogen) atoms. The van der Waals surface area contributed by atoms with Gasteiger partial charge < -0.3 is 34.3 Å². The lowest BCUT2D eigenvalue weighted by atomic mass is 9.99. The lowest BCUT2D eigenvalue weighted by Crippen LogP contribution is -2.60. The second kappa shape index (κ2) is 43.3. The van der Waals surface area contributed by atoms with Crippen LogP contribution in [0.5, 0.6) is 0 Å². The summed E-state index contributed by atoms with van der Waals surface area (Å²) in [7, 11) is -5.07. The van der Waals surface area contributed by atoms with Gasteiger partial charge in [-0.25, -0.2) is 4.18 Å². The van der Waals surface area contributed by atoms with Crippen molar-refractivity contribution >= 4 is 16.4 Å². The summed E-state index contributed by atoms with van der Waals surface area (Å²) in [5, 5.41) is 30.7. The molecule has 13 heteroatoms. The summed E-state index contributed by atoms with van der Waals surface area (Å²) >= 11 is 0. The summed E-state index contributed by atoms with van der Waals surface area (Å²) in [5.41, 5.74) is 0. The highest BCUT2D eigenvalue weighted by molar-refractivity contribution is 7.80. The van der Waals surface area contributed by atoms with E-state index < -0.39 is 59.8 Å². The zero-order valence-corrected chi connectivity index (χ0v) is 41.6. The number of aliphatic hydroxyl groups excluding tert-OH is 3. The summed E-state index contributed by atoms with van der Waals surface area (Å²) < 4.78 is 59.2. The van der Waals surface area contributed by atoms with Crippen LogP contribution in [-0.4, -0.2) is 97.5 Å². The number of allylic oxidation sites excluding steroid dienone is 8. The Morgan fingerprint density at radius 3 is 1.51 bits per heavy atom. The Balaban J connectivity index is 2.32. The monoisotopic (exact) mass is 943 g/mol.